The van der Waals surface area contributed by atoms with Crippen LogP contribution in [0.3, 0.4) is 0 Å². The average molecular weight is 343 g/mol. The second kappa shape index (κ2) is 7.38. The number of rotatable bonds is 5. The summed E-state index contributed by atoms with van der Waals surface area (Å²) in [5.41, 5.74) is 0.0166. The van der Waals surface area contributed by atoms with Crippen LogP contribution in [0.5, 0.6) is 5.75 Å². The minimum absolute atomic E-state index is 0.00152. The number of nitrogens with zero attached hydrogens (tertiary/aromatic N) is 2. The topological polar surface area (TPSA) is 84.4 Å². The van der Waals surface area contributed by atoms with Gasteiger partial charge >= 0.3 is 5.69 Å². The van der Waals surface area contributed by atoms with Crippen LogP contribution in [-0.4, -0.2) is 33.5 Å². The Bertz CT molecular complexity index is 854. The van der Waals surface area contributed by atoms with E-state index in [1.807, 2.05) is 31.2 Å². The number of H-pyrrole nitrogens is 1. The normalized spacial score (nSPS) is 16.8. The third kappa shape index (κ3) is 3.81. The van der Waals surface area contributed by atoms with Crippen LogP contribution in [0.2, 0.25) is 0 Å². The van der Waals surface area contributed by atoms with Crippen LogP contribution < -0.4 is 16.0 Å². The predicted octanol–water partition coefficient (Wildman–Crippen LogP) is 1.30. The number of aromatic amines is 1. The number of ether oxygens (including phenoxy) is 1. The van der Waals surface area contributed by atoms with E-state index in [-0.39, 0.29) is 18.5 Å². The SMILES string of the molecule is CCOc1ccc([C@H]2CCCN2C(=O)Cn2ccc(=O)[nH]c2=O)cc1. The Morgan fingerprint density at radius 1 is 1.24 bits per heavy atom. The van der Waals surface area contributed by atoms with Crippen LogP contribution in [0.25, 0.3) is 0 Å². The fraction of sp³-hybridized carbons (Fsp3) is 0.389. The summed E-state index contributed by atoms with van der Waals surface area (Å²) in [7, 11) is 0. The summed E-state index contributed by atoms with van der Waals surface area (Å²) in [6, 6.07) is 9.02. The Kier molecular flexibility index (Phi) is 5.02. The highest BCUT2D eigenvalue weighted by Crippen LogP contribution is 2.32. The number of likely N-dealkylation sites (tertiary alicyclic amines) is 1. The molecule has 0 aliphatic carbocycles. The van der Waals surface area contributed by atoms with Crippen molar-refractivity contribution in [2.75, 3.05) is 13.2 Å². The first-order chi connectivity index (χ1) is 12.1. The summed E-state index contributed by atoms with van der Waals surface area (Å²) in [6.07, 6.45) is 3.16. The molecule has 1 N–H and O–H groups in total. The summed E-state index contributed by atoms with van der Waals surface area (Å²) in [4.78, 5) is 39.5. The number of carbonyl (C=O) groups is 1. The molecule has 1 fully saturated rings. The molecule has 0 unspecified atom stereocenters. The van der Waals surface area contributed by atoms with E-state index in [0.29, 0.717) is 13.2 Å². The number of nitrogens with one attached hydrogen (secondary N) is 1. The van der Waals surface area contributed by atoms with Crippen molar-refractivity contribution in [3.05, 3.63) is 62.9 Å². The summed E-state index contributed by atoms with van der Waals surface area (Å²) in [5, 5.41) is 0. The average Bonchev–Trinajstić information content (AvgIpc) is 3.08. The molecule has 2 heterocycles. The summed E-state index contributed by atoms with van der Waals surface area (Å²) < 4.78 is 6.67. The van der Waals surface area contributed by atoms with Crippen LogP contribution in [0, 0.1) is 0 Å². The standard InChI is InChI=1S/C18H21N3O4/c1-2-25-14-7-5-13(6-8-14)15-4-3-10-21(15)17(23)12-20-11-9-16(22)19-18(20)24/h5-9,11,15H,2-4,10,12H2,1H3,(H,19,22,24)/t15-/m1/s1. The van der Waals surface area contributed by atoms with Crippen molar-refractivity contribution >= 4 is 5.91 Å². The van der Waals surface area contributed by atoms with Crippen molar-refractivity contribution in [1.29, 1.82) is 0 Å². The van der Waals surface area contributed by atoms with Crippen molar-refractivity contribution in [1.82, 2.24) is 14.5 Å². The molecule has 2 aromatic rings. The molecule has 25 heavy (non-hydrogen) atoms. The molecule has 0 saturated carbocycles. The third-order valence-electron chi connectivity index (χ3n) is 4.35. The van der Waals surface area contributed by atoms with Gasteiger partial charge in [-0.1, -0.05) is 12.1 Å². The van der Waals surface area contributed by atoms with E-state index in [1.54, 1.807) is 4.90 Å². The second-order valence-corrected chi connectivity index (χ2v) is 5.99. The van der Waals surface area contributed by atoms with Gasteiger partial charge in [0, 0.05) is 18.8 Å². The Hall–Kier alpha value is -2.83. The summed E-state index contributed by atoms with van der Waals surface area (Å²) >= 11 is 0. The molecule has 0 bridgehead atoms. The summed E-state index contributed by atoms with van der Waals surface area (Å²) in [6.45, 7) is 3.13. The van der Waals surface area contributed by atoms with Gasteiger partial charge in [0.15, 0.2) is 0 Å². The lowest BCUT2D eigenvalue weighted by Gasteiger charge is -2.25. The Morgan fingerprint density at radius 2 is 2.00 bits per heavy atom. The highest BCUT2D eigenvalue weighted by molar-refractivity contribution is 5.76. The van der Waals surface area contributed by atoms with Gasteiger partial charge in [-0.15, -0.1) is 0 Å². The molecule has 1 aliphatic heterocycles. The monoisotopic (exact) mass is 343 g/mol. The first kappa shape index (κ1) is 17.0. The van der Waals surface area contributed by atoms with Gasteiger partial charge in [-0.2, -0.15) is 0 Å². The van der Waals surface area contributed by atoms with Gasteiger partial charge in [-0.3, -0.25) is 19.1 Å². The number of hydrogen-bond donors (Lipinski definition) is 1. The number of benzene rings is 1. The zero-order valence-corrected chi connectivity index (χ0v) is 14.1. The number of aromatic nitrogens is 2. The molecule has 1 amide bonds. The molecular weight excluding hydrogens is 322 g/mol. The summed E-state index contributed by atoms with van der Waals surface area (Å²) in [5.74, 6) is 0.674. The quantitative estimate of drug-likeness (QED) is 0.887. The van der Waals surface area contributed by atoms with Crippen molar-refractivity contribution in [3.63, 3.8) is 0 Å². The van der Waals surface area contributed by atoms with Crippen LogP contribution in [0.4, 0.5) is 0 Å². The number of amides is 1. The molecule has 1 aliphatic rings. The van der Waals surface area contributed by atoms with Gasteiger partial charge in [0.2, 0.25) is 5.91 Å². The van der Waals surface area contributed by atoms with Crippen molar-refractivity contribution in [2.45, 2.75) is 32.4 Å². The lowest BCUT2D eigenvalue weighted by Crippen LogP contribution is -2.38. The van der Waals surface area contributed by atoms with Crippen molar-refractivity contribution < 1.29 is 9.53 Å². The molecule has 132 valence electrons. The van der Waals surface area contributed by atoms with Crippen molar-refractivity contribution in [2.24, 2.45) is 0 Å². The highest BCUT2D eigenvalue weighted by Gasteiger charge is 2.30. The number of hydrogen-bond acceptors (Lipinski definition) is 4. The van der Waals surface area contributed by atoms with E-state index >= 15 is 0 Å². The highest BCUT2D eigenvalue weighted by atomic mass is 16.5. The van der Waals surface area contributed by atoms with E-state index in [4.69, 9.17) is 4.74 Å². The largest absolute Gasteiger partial charge is 0.494 e. The molecule has 7 nitrogen and oxygen atoms in total. The van der Waals surface area contributed by atoms with Crippen LogP contribution in [-0.2, 0) is 11.3 Å². The zero-order chi connectivity index (χ0) is 17.8. The smallest absolute Gasteiger partial charge is 0.328 e. The number of carbonyl (C=O) groups excluding carboxylic acids is 1. The fourth-order valence-corrected chi connectivity index (χ4v) is 3.17. The fourth-order valence-electron chi connectivity index (χ4n) is 3.17. The van der Waals surface area contributed by atoms with Crippen LogP contribution in [0.1, 0.15) is 31.4 Å². The predicted molar refractivity (Wildman–Crippen MR) is 92.6 cm³/mol. The maximum absolute atomic E-state index is 12.7. The molecular formula is C18H21N3O4. The van der Waals surface area contributed by atoms with E-state index in [2.05, 4.69) is 4.98 Å². The maximum Gasteiger partial charge on any atom is 0.328 e. The first-order valence-corrected chi connectivity index (χ1v) is 8.40. The van der Waals surface area contributed by atoms with Crippen molar-refractivity contribution in [3.8, 4) is 5.75 Å². The molecule has 0 radical (unpaired) electrons. The first-order valence-electron chi connectivity index (χ1n) is 8.40. The van der Waals surface area contributed by atoms with Crippen LogP contribution >= 0.6 is 0 Å². The second-order valence-electron chi connectivity index (χ2n) is 5.99. The van der Waals surface area contributed by atoms with Gasteiger partial charge in [-0.25, -0.2) is 4.79 Å². The van der Waals surface area contributed by atoms with E-state index < -0.39 is 11.2 Å². The van der Waals surface area contributed by atoms with Gasteiger partial charge in [0.1, 0.15) is 12.3 Å². The molecule has 7 heteroatoms. The lowest BCUT2D eigenvalue weighted by molar-refractivity contribution is -0.132. The molecule has 1 saturated heterocycles. The van der Waals surface area contributed by atoms with Crippen LogP contribution in [0.15, 0.2) is 46.1 Å². The van der Waals surface area contributed by atoms with E-state index in [0.717, 1.165) is 24.2 Å². The molecule has 0 spiro atoms. The van der Waals surface area contributed by atoms with E-state index in [1.165, 1.54) is 16.8 Å². The Labute approximate surface area is 144 Å². The maximum atomic E-state index is 12.7. The minimum Gasteiger partial charge on any atom is -0.494 e. The van der Waals surface area contributed by atoms with Gasteiger partial charge in [-0.05, 0) is 37.5 Å². The van der Waals surface area contributed by atoms with Gasteiger partial charge in [0.25, 0.3) is 5.56 Å². The van der Waals surface area contributed by atoms with Gasteiger partial charge < -0.3 is 9.64 Å². The Morgan fingerprint density at radius 3 is 2.68 bits per heavy atom. The van der Waals surface area contributed by atoms with Gasteiger partial charge in [0.05, 0.1) is 12.6 Å². The Balaban J connectivity index is 1.75. The third-order valence-corrected chi connectivity index (χ3v) is 4.35. The zero-order valence-electron chi connectivity index (χ0n) is 14.1. The minimum atomic E-state index is -0.572. The molecule has 3 rings (SSSR count). The lowest BCUT2D eigenvalue weighted by atomic mass is 10.0. The molecule has 1 aromatic carbocycles. The van der Waals surface area contributed by atoms with E-state index in [9.17, 15) is 14.4 Å². The molecule has 1 aromatic heterocycles. The molecule has 1 atom stereocenters.